The number of aliphatic hydroxyl groups is 1. The summed E-state index contributed by atoms with van der Waals surface area (Å²) in [6, 6.07) is 9.54. The van der Waals surface area contributed by atoms with Crippen LogP contribution < -0.4 is 0 Å². The summed E-state index contributed by atoms with van der Waals surface area (Å²) in [7, 11) is 0. The fraction of sp³-hybridized carbons (Fsp3) is 0.188. The molecule has 1 heterocycles. The number of aromatic nitrogens is 1. The molecule has 3 rings (SSSR count). The number of carbonyl (C=O) groups excluding carboxylic acids is 2. The van der Waals surface area contributed by atoms with E-state index in [1.54, 1.807) is 6.20 Å². The number of benzene rings is 1. The number of fused-ring (bicyclic) bond motifs is 1. The number of aliphatic hydroxyl groups excluding tert-OH is 1. The zero-order valence-corrected chi connectivity index (χ0v) is 10.7. The number of rotatable bonds is 1. The first-order valence-corrected chi connectivity index (χ1v) is 6.45. The molecule has 0 aliphatic heterocycles. The van der Waals surface area contributed by atoms with E-state index in [0.29, 0.717) is 6.26 Å². The maximum absolute atomic E-state index is 11.9. The van der Waals surface area contributed by atoms with E-state index in [0.717, 1.165) is 16.5 Å². The zero-order valence-electron chi connectivity index (χ0n) is 10.7. The maximum atomic E-state index is 11.9. The van der Waals surface area contributed by atoms with Crippen LogP contribution in [-0.2, 0) is 9.59 Å². The molecule has 0 unspecified atom stereocenters. The van der Waals surface area contributed by atoms with Gasteiger partial charge in [-0.1, -0.05) is 18.2 Å². The van der Waals surface area contributed by atoms with Crippen molar-refractivity contribution >= 4 is 22.5 Å². The second kappa shape index (κ2) is 4.89. The molecule has 1 aliphatic carbocycles. The molecular weight excluding hydrogens is 254 g/mol. The summed E-state index contributed by atoms with van der Waals surface area (Å²) >= 11 is 0. The summed E-state index contributed by atoms with van der Waals surface area (Å²) in [6.07, 6.45) is 2.81. The molecule has 1 aliphatic rings. The zero-order chi connectivity index (χ0) is 14.1. The van der Waals surface area contributed by atoms with Crippen LogP contribution in [0.1, 0.15) is 24.3 Å². The van der Waals surface area contributed by atoms with Crippen LogP contribution in [0.4, 0.5) is 0 Å². The van der Waals surface area contributed by atoms with Gasteiger partial charge in [0.1, 0.15) is 0 Å². The number of carbonyl (C=O) groups is 2. The maximum Gasteiger partial charge on any atom is 0.170 e. The molecule has 4 nitrogen and oxygen atoms in total. The van der Waals surface area contributed by atoms with Gasteiger partial charge in [0.15, 0.2) is 11.6 Å². The van der Waals surface area contributed by atoms with Crippen molar-refractivity contribution in [3.05, 3.63) is 53.9 Å². The predicted octanol–water partition coefficient (Wildman–Crippen LogP) is 2.69. The largest absolute Gasteiger partial charge is 0.515 e. The van der Waals surface area contributed by atoms with Crippen molar-refractivity contribution < 1.29 is 14.7 Å². The van der Waals surface area contributed by atoms with Crippen LogP contribution in [0.5, 0.6) is 0 Å². The van der Waals surface area contributed by atoms with Crippen molar-refractivity contribution in [3.8, 4) is 0 Å². The van der Waals surface area contributed by atoms with E-state index >= 15 is 0 Å². The van der Waals surface area contributed by atoms with Gasteiger partial charge in [0, 0.05) is 24.4 Å². The molecule has 0 bridgehead atoms. The number of hydrogen-bond acceptors (Lipinski definition) is 4. The van der Waals surface area contributed by atoms with Crippen LogP contribution in [0, 0.1) is 0 Å². The molecule has 0 saturated heterocycles. The first-order chi connectivity index (χ1) is 9.70. The Morgan fingerprint density at radius 3 is 2.50 bits per heavy atom. The molecule has 0 amide bonds. The van der Waals surface area contributed by atoms with Crippen LogP contribution in [0.25, 0.3) is 10.9 Å². The second-order valence-electron chi connectivity index (χ2n) is 4.91. The molecule has 1 aromatic carbocycles. The molecule has 0 spiro atoms. The van der Waals surface area contributed by atoms with Gasteiger partial charge in [0.25, 0.3) is 0 Å². The number of pyridine rings is 1. The van der Waals surface area contributed by atoms with Crippen molar-refractivity contribution in [2.45, 2.75) is 18.8 Å². The predicted molar refractivity (Wildman–Crippen MR) is 74.4 cm³/mol. The van der Waals surface area contributed by atoms with Crippen LogP contribution >= 0.6 is 0 Å². The van der Waals surface area contributed by atoms with Gasteiger partial charge in [0.2, 0.25) is 0 Å². The Balaban J connectivity index is 2.05. The highest BCUT2D eigenvalue weighted by Crippen LogP contribution is 2.34. The molecule has 1 aromatic heterocycles. The molecule has 20 heavy (non-hydrogen) atoms. The Morgan fingerprint density at radius 1 is 1.10 bits per heavy atom. The lowest BCUT2D eigenvalue weighted by Gasteiger charge is -2.22. The van der Waals surface area contributed by atoms with Gasteiger partial charge in [-0.15, -0.1) is 0 Å². The quantitative estimate of drug-likeness (QED) is 0.490. The molecule has 0 radical (unpaired) electrons. The topological polar surface area (TPSA) is 67.3 Å². The Morgan fingerprint density at radius 2 is 1.80 bits per heavy atom. The third-order valence-electron chi connectivity index (χ3n) is 3.72. The average molecular weight is 267 g/mol. The van der Waals surface area contributed by atoms with Gasteiger partial charge in [-0.3, -0.25) is 14.6 Å². The fourth-order valence-corrected chi connectivity index (χ4v) is 2.73. The van der Waals surface area contributed by atoms with Gasteiger partial charge in [-0.2, -0.15) is 0 Å². The summed E-state index contributed by atoms with van der Waals surface area (Å²) < 4.78 is 0. The number of hydrogen-bond donors (Lipinski definition) is 1. The summed E-state index contributed by atoms with van der Waals surface area (Å²) in [4.78, 5) is 28.1. The number of para-hydroxylation sites is 1. The Bertz CT molecular complexity index is 708. The smallest absolute Gasteiger partial charge is 0.170 e. The molecule has 1 fully saturated rings. The molecule has 100 valence electrons. The van der Waals surface area contributed by atoms with Crippen molar-refractivity contribution in [1.29, 1.82) is 0 Å². The number of allylic oxidation sites excluding steroid dienone is 1. The first kappa shape index (κ1) is 12.5. The minimum absolute atomic E-state index is 0.0837. The Hall–Kier alpha value is -2.49. The number of Topliss-reactive ketones (excluding diaryl/α,β-unsaturated/α-hetero) is 2. The third kappa shape index (κ3) is 1.99. The highest BCUT2D eigenvalue weighted by Gasteiger charge is 2.32. The first-order valence-electron chi connectivity index (χ1n) is 6.45. The van der Waals surface area contributed by atoms with Crippen molar-refractivity contribution in [3.63, 3.8) is 0 Å². The van der Waals surface area contributed by atoms with E-state index in [-0.39, 0.29) is 35.9 Å². The van der Waals surface area contributed by atoms with Crippen molar-refractivity contribution in [2.75, 3.05) is 0 Å². The molecule has 1 saturated carbocycles. The van der Waals surface area contributed by atoms with Gasteiger partial charge < -0.3 is 5.11 Å². The highest BCUT2D eigenvalue weighted by atomic mass is 16.2. The lowest BCUT2D eigenvalue weighted by atomic mass is 9.79. The van der Waals surface area contributed by atoms with E-state index in [2.05, 4.69) is 4.98 Å². The number of nitrogens with zero attached hydrogens (tertiary/aromatic N) is 1. The van der Waals surface area contributed by atoms with Crippen molar-refractivity contribution in [2.24, 2.45) is 0 Å². The van der Waals surface area contributed by atoms with Gasteiger partial charge >= 0.3 is 0 Å². The molecule has 4 heteroatoms. The Labute approximate surface area is 115 Å². The van der Waals surface area contributed by atoms with Crippen LogP contribution in [0.2, 0.25) is 0 Å². The minimum atomic E-state index is -0.297. The lowest BCUT2D eigenvalue weighted by molar-refractivity contribution is -0.124. The second-order valence-corrected chi connectivity index (χ2v) is 4.91. The van der Waals surface area contributed by atoms with E-state index in [1.807, 2.05) is 30.3 Å². The SMILES string of the molecule is O=C1CC(c2ccnc3ccccc23)CC(=O)C1=CO. The monoisotopic (exact) mass is 267 g/mol. The lowest BCUT2D eigenvalue weighted by Crippen LogP contribution is -2.25. The summed E-state index contributed by atoms with van der Waals surface area (Å²) in [5.74, 6) is -0.740. The normalized spacial score (nSPS) is 19.4. The summed E-state index contributed by atoms with van der Waals surface area (Å²) in [5, 5.41) is 9.92. The standard InChI is InChI=1S/C16H13NO3/c18-9-13-15(19)7-10(8-16(13)20)11-5-6-17-14-4-2-1-3-12(11)14/h1-6,9-10,18H,7-8H2. The molecule has 1 N–H and O–H groups in total. The van der Waals surface area contributed by atoms with Gasteiger partial charge in [-0.25, -0.2) is 0 Å². The van der Waals surface area contributed by atoms with Gasteiger partial charge in [0.05, 0.1) is 17.4 Å². The molecule has 0 atom stereocenters. The van der Waals surface area contributed by atoms with E-state index < -0.39 is 0 Å². The Kier molecular flexibility index (Phi) is 3.06. The van der Waals surface area contributed by atoms with Crippen LogP contribution in [0.3, 0.4) is 0 Å². The van der Waals surface area contributed by atoms with Crippen LogP contribution in [-0.4, -0.2) is 21.7 Å². The van der Waals surface area contributed by atoms with Crippen LogP contribution in [0.15, 0.2) is 48.4 Å². The summed E-state index contributed by atoms with van der Waals surface area (Å²) in [6.45, 7) is 0. The number of ketones is 2. The highest BCUT2D eigenvalue weighted by molar-refractivity contribution is 6.22. The van der Waals surface area contributed by atoms with E-state index in [1.165, 1.54) is 0 Å². The fourth-order valence-electron chi connectivity index (χ4n) is 2.73. The van der Waals surface area contributed by atoms with E-state index in [4.69, 9.17) is 5.11 Å². The van der Waals surface area contributed by atoms with Crippen molar-refractivity contribution in [1.82, 2.24) is 4.98 Å². The average Bonchev–Trinajstić information content (AvgIpc) is 2.46. The molecular formula is C16H13NO3. The molecule has 2 aromatic rings. The summed E-state index contributed by atoms with van der Waals surface area (Å²) in [5.41, 5.74) is 1.74. The minimum Gasteiger partial charge on any atom is -0.515 e. The third-order valence-corrected chi connectivity index (χ3v) is 3.72. The van der Waals surface area contributed by atoms with Gasteiger partial charge in [-0.05, 0) is 23.6 Å². The van der Waals surface area contributed by atoms with E-state index in [9.17, 15) is 9.59 Å².